The van der Waals surface area contributed by atoms with Crippen LogP contribution < -0.4 is 15.4 Å². The minimum atomic E-state index is -0.0503. The van der Waals surface area contributed by atoms with Gasteiger partial charge in [0.05, 0.1) is 19.3 Å². The van der Waals surface area contributed by atoms with Crippen molar-refractivity contribution in [3.63, 3.8) is 0 Å². The molecule has 7 nitrogen and oxygen atoms in total. The van der Waals surface area contributed by atoms with E-state index in [0.29, 0.717) is 13.1 Å². The van der Waals surface area contributed by atoms with Crippen LogP contribution in [0.5, 0.6) is 5.75 Å². The first-order chi connectivity index (χ1) is 11.7. The number of para-hydroxylation sites is 2. The summed E-state index contributed by atoms with van der Waals surface area (Å²) in [5.74, 6) is 1.68. The van der Waals surface area contributed by atoms with E-state index in [2.05, 4.69) is 15.6 Å². The van der Waals surface area contributed by atoms with E-state index in [1.807, 2.05) is 47.0 Å². The van der Waals surface area contributed by atoms with Crippen molar-refractivity contribution in [1.29, 1.82) is 0 Å². The number of hydrogen-bond donors (Lipinski definition) is 2. The molecule has 1 aromatic carbocycles. The normalized spacial score (nSPS) is 17.6. The van der Waals surface area contributed by atoms with Gasteiger partial charge >= 0.3 is 0 Å². The van der Waals surface area contributed by atoms with E-state index in [1.165, 1.54) is 0 Å². The molecule has 0 spiro atoms. The molecule has 1 aromatic heterocycles. The molecular formula is C17H23N5O2. The number of aromatic nitrogens is 2. The van der Waals surface area contributed by atoms with Gasteiger partial charge in [-0.2, -0.15) is 0 Å². The topological polar surface area (TPSA) is 71.4 Å². The second kappa shape index (κ2) is 7.35. The Kier molecular flexibility index (Phi) is 5.00. The summed E-state index contributed by atoms with van der Waals surface area (Å²) in [5.41, 5.74) is 0.817. The number of carbonyl (C=O) groups is 1. The molecule has 1 aliphatic rings. The molecule has 2 N–H and O–H groups in total. The van der Waals surface area contributed by atoms with Crippen molar-refractivity contribution in [1.82, 2.24) is 19.8 Å². The van der Waals surface area contributed by atoms with E-state index in [1.54, 1.807) is 13.3 Å². The lowest BCUT2D eigenvalue weighted by Gasteiger charge is -2.36. The minimum absolute atomic E-state index is 0.0503. The van der Waals surface area contributed by atoms with Gasteiger partial charge in [0.15, 0.2) is 0 Å². The molecule has 0 aliphatic carbocycles. The first kappa shape index (κ1) is 16.3. The Morgan fingerprint density at radius 1 is 1.46 bits per heavy atom. The number of piperazine rings is 1. The lowest BCUT2D eigenvalue weighted by molar-refractivity contribution is -0.132. The van der Waals surface area contributed by atoms with Crippen molar-refractivity contribution in [2.24, 2.45) is 7.05 Å². The Hall–Kier alpha value is -2.54. The fourth-order valence-electron chi connectivity index (χ4n) is 2.99. The van der Waals surface area contributed by atoms with E-state index in [9.17, 15) is 4.79 Å². The summed E-state index contributed by atoms with van der Waals surface area (Å²) in [4.78, 5) is 19.0. The van der Waals surface area contributed by atoms with Gasteiger partial charge in [0.25, 0.3) is 0 Å². The van der Waals surface area contributed by atoms with Crippen molar-refractivity contribution in [3.8, 4) is 5.75 Å². The highest BCUT2D eigenvalue weighted by Crippen LogP contribution is 2.24. The summed E-state index contributed by atoms with van der Waals surface area (Å²) in [7, 11) is 3.57. The zero-order chi connectivity index (χ0) is 16.9. The van der Waals surface area contributed by atoms with Crippen LogP contribution in [0.25, 0.3) is 0 Å². The van der Waals surface area contributed by atoms with Gasteiger partial charge in [-0.15, -0.1) is 0 Å². The summed E-state index contributed by atoms with van der Waals surface area (Å²) < 4.78 is 7.27. The number of nitrogens with one attached hydrogen (secondary N) is 2. The first-order valence-electron chi connectivity index (χ1n) is 8.05. The highest BCUT2D eigenvalue weighted by molar-refractivity contribution is 5.82. The molecule has 24 heavy (non-hydrogen) atoms. The molecule has 0 saturated carbocycles. The molecule has 2 aromatic rings. The summed E-state index contributed by atoms with van der Waals surface area (Å²) in [6, 6.07) is 7.54. The number of nitrogens with zero attached hydrogens (tertiary/aromatic N) is 3. The second-order valence-electron chi connectivity index (χ2n) is 5.76. The van der Waals surface area contributed by atoms with Gasteiger partial charge in [0.1, 0.15) is 17.6 Å². The SMILES string of the molecule is COc1ccccc1NCC(=O)N1CCNCC1c1nccn1C. The number of rotatable bonds is 5. The smallest absolute Gasteiger partial charge is 0.242 e. The van der Waals surface area contributed by atoms with Crippen LogP contribution >= 0.6 is 0 Å². The third-order valence-corrected chi connectivity index (χ3v) is 4.26. The van der Waals surface area contributed by atoms with Crippen LogP contribution in [0.1, 0.15) is 11.9 Å². The van der Waals surface area contributed by atoms with Crippen molar-refractivity contribution in [3.05, 3.63) is 42.5 Å². The van der Waals surface area contributed by atoms with Gasteiger partial charge < -0.3 is 24.8 Å². The Morgan fingerprint density at radius 3 is 3.04 bits per heavy atom. The predicted molar refractivity (Wildman–Crippen MR) is 92.0 cm³/mol. The number of aryl methyl sites for hydroxylation is 1. The lowest BCUT2D eigenvalue weighted by Crippen LogP contribution is -2.50. The molecular weight excluding hydrogens is 306 g/mol. The maximum absolute atomic E-state index is 12.7. The average Bonchev–Trinajstić information content (AvgIpc) is 3.05. The maximum atomic E-state index is 12.7. The number of hydrogen-bond acceptors (Lipinski definition) is 5. The number of methoxy groups -OCH3 is 1. The Labute approximate surface area is 141 Å². The van der Waals surface area contributed by atoms with Crippen LogP contribution in [0, 0.1) is 0 Å². The van der Waals surface area contributed by atoms with E-state index in [4.69, 9.17) is 4.74 Å². The molecule has 1 atom stereocenters. The molecule has 1 aliphatic heterocycles. The fourth-order valence-corrected chi connectivity index (χ4v) is 2.99. The summed E-state index contributed by atoms with van der Waals surface area (Å²) in [6.07, 6.45) is 3.67. The minimum Gasteiger partial charge on any atom is -0.495 e. The quantitative estimate of drug-likeness (QED) is 0.857. The summed E-state index contributed by atoms with van der Waals surface area (Å²) in [6.45, 7) is 2.40. The largest absolute Gasteiger partial charge is 0.495 e. The van der Waals surface area contributed by atoms with Gasteiger partial charge in [-0.1, -0.05) is 12.1 Å². The van der Waals surface area contributed by atoms with Crippen LogP contribution in [0.3, 0.4) is 0 Å². The van der Waals surface area contributed by atoms with E-state index < -0.39 is 0 Å². The Bertz CT molecular complexity index is 700. The summed E-state index contributed by atoms with van der Waals surface area (Å²) >= 11 is 0. The predicted octanol–water partition coefficient (Wildman–Crippen LogP) is 1.01. The van der Waals surface area contributed by atoms with Gasteiger partial charge in [-0.25, -0.2) is 4.98 Å². The number of amides is 1. The number of imidazole rings is 1. The number of benzene rings is 1. The molecule has 1 saturated heterocycles. The Morgan fingerprint density at radius 2 is 2.29 bits per heavy atom. The number of ether oxygens (including phenoxy) is 1. The average molecular weight is 329 g/mol. The molecule has 1 fully saturated rings. The van der Waals surface area contributed by atoms with Gasteiger partial charge in [0.2, 0.25) is 5.91 Å². The van der Waals surface area contributed by atoms with Gasteiger partial charge in [0, 0.05) is 39.1 Å². The third-order valence-electron chi connectivity index (χ3n) is 4.26. The van der Waals surface area contributed by atoms with Crippen molar-refractivity contribution in [2.45, 2.75) is 6.04 Å². The summed E-state index contributed by atoms with van der Waals surface area (Å²) in [5, 5.41) is 6.52. The van der Waals surface area contributed by atoms with Crippen molar-refractivity contribution < 1.29 is 9.53 Å². The van der Waals surface area contributed by atoms with Crippen LogP contribution in [-0.4, -0.2) is 53.6 Å². The molecule has 3 rings (SSSR count). The van der Waals surface area contributed by atoms with Crippen LogP contribution in [0.2, 0.25) is 0 Å². The van der Waals surface area contributed by atoms with Gasteiger partial charge in [-0.3, -0.25) is 4.79 Å². The molecule has 1 amide bonds. The van der Waals surface area contributed by atoms with Crippen molar-refractivity contribution in [2.75, 3.05) is 38.6 Å². The van der Waals surface area contributed by atoms with Crippen LogP contribution in [0.15, 0.2) is 36.7 Å². The zero-order valence-electron chi connectivity index (χ0n) is 14.0. The molecule has 1 unspecified atom stereocenters. The Balaban J connectivity index is 1.69. The van der Waals surface area contributed by atoms with E-state index in [0.717, 1.165) is 23.8 Å². The lowest BCUT2D eigenvalue weighted by atomic mass is 10.1. The molecule has 7 heteroatoms. The van der Waals surface area contributed by atoms with Crippen LogP contribution in [-0.2, 0) is 11.8 Å². The van der Waals surface area contributed by atoms with E-state index in [-0.39, 0.29) is 18.5 Å². The standard InChI is InChI=1S/C17H23N5O2/c1-21-9-8-19-17(21)14-11-18-7-10-22(14)16(23)12-20-13-5-3-4-6-15(13)24-2/h3-6,8-9,14,18,20H,7,10-12H2,1-2H3. The van der Waals surface area contributed by atoms with Gasteiger partial charge in [-0.05, 0) is 12.1 Å². The zero-order valence-corrected chi connectivity index (χ0v) is 14.0. The molecule has 0 radical (unpaired) electrons. The third kappa shape index (κ3) is 3.35. The number of anilines is 1. The first-order valence-corrected chi connectivity index (χ1v) is 8.05. The maximum Gasteiger partial charge on any atom is 0.242 e. The molecule has 2 heterocycles. The van der Waals surface area contributed by atoms with Crippen LogP contribution in [0.4, 0.5) is 5.69 Å². The second-order valence-corrected chi connectivity index (χ2v) is 5.76. The molecule has 0 bridgehead atoms. The van der Waals surface area contributed by atoms with E-state index >= 15 is 0 Å². The highest BCUT2D eigenvalue weighted by atomic mass is 16.5. The monoisotopic (exact) mass is 329 g/mol. The fraction of sp³-hybridized carbons (Fsp3) is 0.412. The molecule has 128 valence electrons. The number of carbonyl (C=O) groups excluding carboxylic acids is 1. The van der Waals surface area contributed by atoms with Crippen molar-refractivity contribution >= 4 is 11.6 Å². The highest BCUT2D eigenvalue weighted by Gasteiger charge is 2.30.